The Balaban J connectivity index is 1.08. The molecule has 6 aromatic carbocycles. The highest BCUT2D eigenvalue weighted by atomic mass is 16.5. The first kappa shape index (κ1) is 24.9. The van der Waals surface area contributed by atoms with Gasteiger partial charge in [-0.3, -0.25) is 0 Å². The van der Waals surface area contributed by atoms with Crippen LogP contribution in [0.3, 0.4) is 0 Å². The summed E-state index contributed by atoms with van der Waals surface area (Å²) in [7, 11) is 0. The molecule has 2 heteroatoms. The summed E-state index contributed by atoms with van der Waals surface area (Å²) in [5.74, 6) is 1.06. The molecular weight excluding hydrogens is 536 g/mol. The predicted molar refractivity (Wildman–Crippen MR) is 180 cm³/mol. The zero-order chi connectivity index (χ0) is 29.0. The van der Waals surface area contributed by atoms with Crippen LogP contribution in [0.1, 0.15) is 11.5 Å². The zero-order valence-electron chi connectivity index (χ0n) is 24.0. The minimum Gasteiger partial charge on any atom is -0.485 e. The van der Waals surface area contributed by atoms with Gasteiger partial charge in [-0.25, -0.2) is 0 Å². The summed E-state index contributed by atoms with van der Waals surface area (Å²) in [5.41, 5.74) is 12.6. The number of ether oxygens (including phenoxy) is 1. The van der Waals surface area contributed by atoms with E-state index in [9.17, 15) is 0 Å². The van der Waals surface area contributed by atoms with E-state index in [4.69, 9.17) is 9.15 Å². The molecule has 1 aromatic heterocycles. The van der Waals surface area contributed by atoms with E-state index >= 15 is 0 Å². The molecule has 0 fully saturated rings. The number of furan rings is 1. The molecule has 2 heterocycles. The highest BCUT2D eigenvalue weighted by Gasteiger charge is 2.34. The van der Waals surface area contributed by atoms with Crippen molar-refractivity contribution in [2.24, 2.45) is 0 Å². The van der Waals surface area contributed by atoms with Crippen molar-refractivity contribution in [1.82, 2.24) is 0 Å². The van der Waals surface area contributed by atoms with E-state index in [2.05, 4.69) is 158 Å². The molecule has 0 saturated carbocycles. The molecule has 0 amide bonds. The molecule has 208 valence electrons. The first-order valence-electron chi connectivity index (χ1n) is 15.2. The number of rotatable bonds is 4. The quantitative estimate of drug-likeness (QED) is 0.213. The number of hydrogen-bond donors (Lipinski definition) is 0. The van der Waals surface area contributed by atoms with Gasteiger partial charge >= 0.3 is 0 Å². The maximum Gasteiger partial charge on any atom is 0.135 e. The fraction of sp³-hybridized carbons (Fsp3) is 0.0476. The minimum atomic E-state index is -0.0609. The van der Waals surface area contributed by atoms with Crippen LogP contribution in [0.15, 0.2) is 150 Å². The topological polar surface area (TPSA) is 22.4 Å². The van der Waals surface area contributed by atoms with Gasteiger partial charge in [0.05, 0.1) is 5.92 Å². The van der Waals surface area contributed by atoms with Crippen LogP contribution in [0, 0.1) is 0 Å². The van der Waals surface area contributed by atoms with Crippen molar-refractivity contribution in [2.75, 3.05) is 0 Å². The largest absolute Gasteiger partial charge is 0.485 e. The van der Waals surface area contributed by atoms with Gasteiger partial charge in [0.25, 0.3) is 0 Å². The Morgan fingerprint density at radius 1 is 0.432 bits per heavy atom. The van der Waals surface area contributed by atoms with Gasteiger partial charge in [0.2, 0.25) is 0 Å². The Labute approximate surface area is 255 Å². The van der Waals surface area contributed by atoms with Gasteiger partial charge in [0.15, 0.2) is 0 Å². The molecule has 2 aliphatic rings. The van der Waals surface area contributed by atoms with Crippen molar-refractivity contribution < 1.29 is 9.15 Å². The third kappa shape index (κ3) is 4.19. The van der Waals surface area contributed by atoms with Gasteiger partial charge in [-0.1, -0.05) is 109 Å². The van der Waals surface area contributed by atoms with E-state index in [-0.39, 0.29) is 12.0 Å². The molecule has 0 bridgehead atoms. The van der Waals surface area contributed by atoms with E-state index in [1.54, 1.807) is 0 Å². The second-order valence-corrected chi connectivity index (χ2v) is 11.7. The molecule has 2 atom stereocenters. The minimum absolute atomic E-state index is 0.0609. The van der Waals surface area contributed by atoms with Gasteiger partial charge in [0.1, 0.15) is 22.9 Å². The molecule has 2 nitrogen and oxygen atoms in total. The van der Waals surface area contributed by atoms with Crippen LogP contribution in [-0.4, -0.2) is 6.10 Å². The Morgan fingerprint density at radius 3 is 1.64 bits per heavy atom. The predicted octanol–water partition coefficient (Wildman–Crippen LogP) is 9.22. The highest BCUT2D eigenvalue weighted by Crippen LogP contribution is 2.43. The van der Waals surface area contributed by atoms with Crippen LogP contribution in [-0.2, 0) is 0 Å². The average molecular weight is 565 g/mol. The fourth-order valence-corrected chi connectivity index (χ4v) is 6.77. The number of fused-ring (bicyclic) bond motifs is 6. The number of hydrogen-bond acceptors (Lipinski definition) is 2. The summed E-state index contributed by atoms with van der Waals surface area (Å²) in [6, 6.07) is 51.7. The van der Waals surface area contributed by atoms with Crippen LogP contribution < -0.4 is 15.4 Å². The van der Waals surface area contributed by atoms with E-state index in [1.165, 1.54) is 50.1 Å². The van der Waals surface area contributed by atoms with Gasteiger partial charge in [-0.15, -0.1) is 0 Å². The van der Waals surface area contributed by atoms with Crippen molar-refractivity contribution in [1.29, 1.82) is 0 Å². The molecule has 0 radical (unpaired) electrons. The summed E-state index contributed by atoms with van der Waals surface area (Å²) < 4.78 is 13.0. The van der Waals surface area contributed by atoms with Crippen LogP contribution in [0.2, 0.25) is 0 Å². The van der Waals surface area contributed by atoms with Gasteiger partial charge < -0.3 is 9.15 Å². The lowest BCUT2D eigenvalue weighted by molar-refractivity contribution is 0.287. The highest BCUT2D eigenvalue weighted by molar-refractivity contribution is 5.87. The zero-order valence-corrected chi connectivity index (χ0v) is 24.0. The summed E-state index contributed by atoms with van der Waals surface area (Å²) in [4.78, 5) is 0. The van der Waals surface area contributed by atoms with Crippen molar-refractivity contribution in [3.63, 3.8) is 0 Å². The van der Waals surface area contributed by atoms with E-state index < -0.39 is 0 Å². The van der Waals surface area contributed by atoms with Crippen molar-refractivity contribution in [2.45, 2.75) is 12.0 Å². The summed E-state index contributed by atoms with van der Waals surface area (Å²) >= 11 is 0. The van der Waals surface area contributed by atoms with Gasteiger partial charge in [0, 0.05) is 16.2 Å². The van der Waals surface area contributed by atoms with Crippen molar-refractivity contribution >= 4 is 23.1 Å². The number of benzene rings is 6. The fourth-order valence-electron chi connectivity index (χ4n) is 6.77. The maximum atomic E-state index is 6.52. The Morgan fingerprint density at radius 2 is 0.977 bits per heavy atom. The van der Waals surface area contributed by atoms with Crippen LogP contribution in [0.25, 0.3) is 67.6 Å². The molecule has 0 saturated heterocycles. The second-order valence-electron chi connectivity index (χ2n) is 11.7. The molecule has 1 aliphatic heterocycles. The van der Waals surface area contributed by atoms with E-state index in [0.29, 0.717) is 0 Å². The standard InChI is InChI=1S/C42H28O2/c1-3-9-27(10-4-1)29-13-7-15-31(21-29)33-17-19-39-35(23-33)37-25-42-38(26-41(37)43-39)36-24-34(18-20-40(36)44-42)32-16-8-14-30(22-32)28-11-5-2-6-12-28/h1-26,37,41H. The molecule has 44 heavy (non-hydrogen) atoms. The molecular formula is C42H28O2. The molecule has 7 aromatic rings. The Hall–Kier alpha value is -5.60. The average Bonchev–Trinajstić information content (AvgIpc) is 3.64. The smallest absolute Gasteiger partial charge is 0.135 e. The third-order valence-electron chi connectivity index (χ3n) is 9.01. The molecule has 0 N–H and O–H groups in total. The first-order valence-corrected chi connectivity index (χ1v) is 15.2. The maximum absolute atomic E-state index is 6.52. The lowest BCUT2D eigenvalue weighted by Gasteiger charge is -2.14. The first-order chi connectivity index (χ1) is 21.8. The molecule has 0 spiro atoms. The van der Waals surface area contributed by atoms with E-state index in [1.807, 2.05) is 0 Å². The van der Waals surface area contributed by atoms with E-state index in [0.717, 1.165) is 27.4 Å². The molecule has 9 rings (SSSR count). The lowest BCUT2D eigenvalue weighted by Crippen LogP contribution is -2.32. The van der Waals surface area contributed by atoms with Crippen LogP contribution >= 0.6 is 0 Å². The van der Waals surface area contributed by atoms with Crippen LogP contribution in [0.4, 0.5) is 0 Å². The van der Waals surface area contributed by atoms with Gasteiger partial charge in [-0.2, -0.15) is 0 Å². The molecule has 1 aliphatic carbocycles. The van der Waals surface area contributed by atoms with Crippen molar-refractivity contribution in [3.05, 3.63) is 162 Å². The van der Waals surface area contributed by atoms with Crippen LogP contribution in [0.5, 0.6) is 5.75 Å². The normalized spacial score (nSPS) is 16.3. The lowest BCUT2D eigenvalue weighted by atomic mass is 9.89. The summed E-state index contributed by atoms with van der Waals surface area (Å²) in [6.45, 7) is 0. The Bertz CT molecular complexity index is 2310. The Kier molecular flexibility index (Phi) is 5.67. The monoisotopic (exact) mass is 564 g/mol. The second kappa shape index (κ2) is 10.00. The van der Waals surface area contributed by atoms with Crippen molar-refractivity contribution in [3.8, 4) is 50.3 Å². The summed E-state index contributed by atoms with van der Waals surface area (Å²) in [6.07, 6.45) is 4.45. The summed E-state index contributed by atoms with van der Waals surface area (Å²) in [5, 5.41) is 2.24. The molecule has 2 unspecified atom stereocenters. The third-order valence-corrected chi connectivity index (χ3v) is 9.01. The van der Waals surface area contributed by atoms with Gasteiger partial charge in [-0.05, 0) is 93.1 Å². The SMILES string of the molecule is C1=c2oc3ccc(-c4cccc(-c5ccccc5)c4)cc3c2=CC2Oc3ccc(-c4cccc(-c5ccccc5)c4)cc3C12.